The highest BCUT2D eigenvalue weighted by Gasteiger charge is 2.21. The van der Waals surface area contributed by atoms with Gasteiger partial charge in [0.05, 0.1) is 19.2 Å². The summed E-state index contributed by atoms with van der Waals surface area (Å²) in [6.07, 6.45) is 2.18. The van der Waals surface area contributed by atoms with Crippen LogP contribution < -0.4 is 5.32 Å². The van der Waals surface area contributed by atoms with Crippen molar-refractivity contribution < 1.29 is 14.3 Å². The Morgan fingerprint density at radius 1 is 1.25 bits per heavy atom. The number of carbonyl (C=O) groups excluding carboxylic acids is 2. The van der Waals surface area contributed by atoms with E-state index < -0.39 is 0 Å². The van der Waals surface area contributed by atoms with E-state index in [0.29, 0.717) is 13.1 Å². The van der Waals surface area contributed by atoms with Crippen LogP contribution in [0.1, 0.15) is 26.7 Å². The molecule has 1 aliphatic rings. The summed E-state index contributed by atoms with van der Waals surface area (Å²) in [7, 11) is 0. The molecule has 5 heteroatoms. The second-order valence-corrected chi connectivity index (χ2v) is 4.31. The van der Waals surface area contributed by atoms with Crippen LogP contribution in [0.2, 0.25) is 0 Å². The SMILES string of the molecule is CC(C)OCCCCN1CC(=O)NC(=O)C1. The first-order valence-corrected chi connectivity index (χ1v) is 5.74. The molecule has 0 aromatic rings. The van der Waals surface area contributed by atoms with Gasteiger partial charge in [0, 0.05) is 6.61 Å². The quantitative estimate of drug-likeness (QED) is 0.519. The summed E-state index contributed by atoms with van der Waals surface area (Å²) >= 11 is 0. The summed E-state index contributed by atoms with van der Waals surface area (Å²) in [5, 5.41) is 2.28. The lowest BCUT2D eigenvalue weighted by Crippen LogP contribution is -2.51. The molecule has 1 heterocycles. The number of imide groups is 1. The highest BCUT2D eigenvalue weighted by atomic mass is 16.5. The topological polar surface area (TPSA) is 58.6 Å². The van der Waals surface area contributed by atoms with Crippen molar-refractivity contribution in [2.45, 2.75) is 32.8 Å². The Labute approximate surface area is 96.1 Å². The zero-order chi connectivity index (χ0) is 12.0. The Morgan fingerprint density at radius 2 is 1.88 bits per heavy atom. The molecule has 0 atom stereocenters. The van der Waals surface area contributed by atoms with Gasteiger partial charge in [-0.1, -0.05) is 0 Å². The minimum absolute atomic E-state index is 0.199. The van der Waals surface area contributed by atoms with Crippen LogP contribution in [0.15, 0.2) is 0 Å². The molecule has 0 spiro atoms. The Kier molecular flexibility index (Phi) is 5.42. The van der Waals surface area contributed by atoms with Gasteiger partial charge in [-0.05, 0) is 33.2 Å². The molecule has 0 aromatic heterocycles. The number of piperazine rings is 1. The average molecular weight is 228 g/mol. The van der Waals surface area contributed by atoms with Crippen molar-refractivity contribution in [3.05, 3.63) is 0 Å². The van der Waals surface area contributed by atoms with E-state index in [1.54, 1.807) is 0 Å². The Balaban J connectivity index is 2.08. The largest absolute Gasteiger partial charge is 0.379 e. The number of unbranched alkanes of at least 4 members (excludes halogenated alkanes) is 1. The fourth-order valence-corrected chi connectivity index (χ4v) is 1.61. The van der Waals surface area contributed by atoms with Gasteiger partial charge in [-0.3, -0.25) is 19.8 Å². The van der Waals surface area contributed by atoms with Gasteiger partial charge in [0.1, 0.15) is 0 Å². The first-order valence-electron chi connectivity index (χ1n) is 5.74. The summed E-state index contributed by atoms with van der Waals surface area (Å²) in [5.41, 5.74) is 0. The normalized spacial score (nSPS) is 17.9. The lowest BCUT2D eigenvalue weighted by molar-refractivity contribution is -0.136. The molecule has 1 aliphatic heterocycles. The summed E-state index contributed by atoms with van der Waals surface area (Å²) in [4.78, 5) is 24.0. The van der Waals surface area contributed by atoms with Crippen molar-refractivity contribution in [1.29, 1.82) is 0 Å². The smallest absolute Gasteiger partial charge is 0.240 e. The molecule has 0 aromatic carbocycles. The van der Waals surface area contributed by atoms with Crippen molar-refractivity contribution in [2.24, 2.45) is 0 Å². The van der Waals surface area contributed by atoms with Gasteiger partial charge in [0.2, 0.25) is 11.8 Å². The molecular formula is C11H20N2O3. The summed E-state index contributed by atoms with van der Waals surface area (Å²) in [6, 6.07) is 0. The summed E-state index contributed by atoms with van der Waals surface area (Å²) in [5.74, 6) is -0.399. The van der Waals surface area contributed by atoms with E-state index in [0.717, 1.165) is 26.0 Å². The third-order valence-corrected chi connectivity index (χ3v) is 2.33. The number of carbonyl (C=O) groups is 2. The summed E-state index contributed by atoms with van der Waals surface area (Å²) < 4.78 is 5.41. The van der Waals surface area contributed by atoms with Crippen LogP contribution in [0.4, 0.5) is 0 Å². The fraction of sp³-hybridized carbons (Fsp3) is 0.818. The molecule has 0 unspecified atom stereocenters. The van der Waals surface area contributed by atoms with E-state index in [9.17, 15) is 9.59 Å². The van der Waals surface area contributed by atoms with Crippen LogP contribution in [0.25, 0.3) is 0 Å². The van der Waals surface area contributed by atoms with Crippen LogP contribution in [0.3, 0.4) is 0 Å². The minimum atomic E-state index is -0.199. The van der Waals surface area contributed by atoms with E-state index >= 15 is 0 Å². The molecule has 16 heavy (non-hydrogen) atoms. The molecule has 1 fully saturated rings. The van der Waals surface area contributed by atoms with Crippen LogP contribution in [0.5, 0.6) is 0 Å². The van der Waals surface area contributed by atoms with Gasteiger partial charge < -0.3 is 4.74 Å². The lowest BCUT2D eigenvalue weighted by atomic mass is 10.2. The molecule has 5 nitrogen and oxygen atoms in total. The first kappa shape index (κ1) is 13.1. The molecule has 0 aliphatic carbocycles. The highest BCUT2D eigenvalue weighted by molar-refractivity contribution is 5.99. The van der Waals surface area contributed by atoms with E-state index in [2.05, 4.69) is 5.32 Å². The van der Waals surface area contributed by atoms with Crippen molar-refractivity contribution in [3.8, 4) is 0 Å². The van der Waals surface area contributed by atoms with Crippen molar-refractivity contribution >= 4 is 11.8 Å². The Hall–Kier alpha value is -0.940. The third kappa shape index (κ3) is 5.23. The average Bonchev–Trinajstić information content (AvgIpc) is 2.15. The number of rotatable bonds is 6. The van der Waals surface area contributed by atoms with E-state index in [4.69, 9.17) is 4.74 Å². The van der Waals surface area contributed by atoms with Crippen LogP contribution in [-0.2, 0) is 14.3 Å². The fourth-order valence-electron chi connectivity index (χ4n) is 1.61. The van der Waals surface area contributed by atoms with Gasteiger partial charge in [-0.15, -0.1) is 0 Å². The molecule has 0 radical (unpaired) electrons. The molecule has 1 N–H and O–H groups in total. The van der Waals surface area contributed by atoms with Crippen molar-refractivity contribution in [2.75, 3.05) is 26.2 Å². The van der Waals surface area contributed by atoms with E-state index in [1.165, 1.54) is 0 Å². The molecule has 0 saturated carbocycles. The summed E-state index contributed by atoms with van der Waals surface area (Å²) in [6.45, 7) is 6.20. The van der Waals surface area contributed by atoms with Gasteiger partial charge in [0.25, 0.3) is 0 Å². The first-order chi connectivity index (χ1) is 7.58. The minimum Gasteiger partial charge on any atom is -0.379 e. The molecule has 92 valence electrons. The second kappa shape index (κ2) is 6.60. The predicted molar refractivity (Wildman–Crippen MR) is 59.9 cm³/mol. The van der Waals surface area contributed by atoms with Crippen LogP contribution in [0, 0.1) is 0 Å². The van der Waals surface area contributed by atoms with Crippen LogP contribution >= 0.6 is 0 Å². The van der Waals surface area contributed by atoms with Gasteiger partial charge in [-0.25, -0.2) is 0 Å². The van der Waals surface area contributed by atoms with E-state index in [-0.39, 0.29) is 17.9 Å². The number of hydrogen-bond acceptors (Lipinski definition) is 4. The molecule has 1 rings (SSSR count). The standard InChI is InChI=1S/C11H20N2O3/c1-9(2)16-6-4-3-5-13-7-10(14)12-11(15)8-13/h9H,3-8H2,1-2H3,(H,12,14,15). The number of nitrogens with zero attached hydrogens (tertiary/aromatic N) is 1. The highest BCUT2D eigenvalue weighted by Crippen LogP contribution is 2.00. The molecular weight excluding hydrogens is 208 g/mol. The third-order valence-electron chi connectivity index (χ3n) is 2.33. The maximum Gasteiger partial charge on any atom is 0.240 e. The predicted octanol–water partition coefficient (Wildman–Crippen LogP) is 0.150. The maximum absolute atomic E-state index is 11.1. The Morgan fingerprint density at radius 3 is 2.44 bits per heavy atom. The van der Waals surface area contributed by atoms with Crippen molar-refractivity contribution in [1.82, 2.24) is 10.2 Å². The van der Waals surface area contributed by atoms with Crippen molar-refractivity contribution in [3.63, 3.8) is 0 Å². The van der Waals surface area contributed by atoms with Gasteiger partial charge in [-0.2, -0.15) is 0 Å². The zero-order valence-corrected chi connectivity index (χ0v) is 9.99. The number of amides is 2. The van der Waals surface area contributed by atoms with Gasteiger partial charge >= 0.3 is 0 Å². The van der Waals surface area contributed by atoms with Crippen LogP contribution in [-0.4, -0.2) is 49.1 Å². The van der Waals surface area contributed by atoms with E-state index in [1.807, 2.05) is 18.7 Å². The second-order valence-electron chi connectivity index (χ2n) is 4.31. The Bertz CT molecular complexity index is 238. The maximum atomic E-state index is 11.1. The molecule has 1 saturated heterocycles. The molecule has 2 amide bonds. The number of hydrogen-bond donors (Lipinski definition) is 1. The number of ether oxygens (including phenoxy) is 1. The lowest BCUT2D eigenvalue weighted by Gasteiger charge is -2.24. The zero-order valence-electron chi connectivity index (χ0n) is 9.99. The number of nitrogens with one attached hydrogen (secondary N) is 1. The molecule has 0 bridgehead atoms. The monoisotopic (exact) mass is 228 g/mol. The van der Waals surface area contributed by atoms with Gasteiger partial charge in [0.15, 0.2) is 0 Å².